The zero-order chi connectivity index (χ0) is 15.2. The van der Waals surface area contributed by atoms with Gasteiger partial charge in [-0.2, -0.15) is 0 Å². The molecule has 112 valence electrons. The predicted octanol–water partition coefficient (Wildman–Crippen LogP) is 4.34. The number of benzene rings is 2. The molecule has 0 fully saturated rings. The van der Waals surface area contributed by atoms with Crippen LogP contribution < -0.4 is 10.5 Å². The van der Waals surface area contributed by atoms with Gasteiger partial charge in [-0.15, -0.1) is 0 Å². The van der Waals surface area contributed by atoms with Crippen LogP contribution in [-0.4, -0.2) is 6.04 Å². The summed E-state index contributed by atoms with van der Waals surface area (Å²) in [6.07, 6.45) is 1.70. The summed E-state index contributed by atoms with van der Waals surface area (Å²) in [5.74, 6) is 0.271. The molecule has 0 saturated heterocycles. The van der Waals surface area contributed by atoms with Gasteiger partial charge in [-0.1, -0.05) is 42.8 Å². The second-order valence-electron chi connectivity index (χ2n) is 5.02. The van der Waals surface area contributed by atoms with Crippen molar-refractivity contribution in [2.75, 3.05) is 0 Å². The van der Waals surface area contributed by atoms with Crippen molar-refractivity contribution in [2.45, 2.75) is 32.4 Å². The number of halogens is 2. The Morgan fingerprint density at radius 2 is 2.00 bits per heavy atom. The van der Waals surface area contributed by atoms with Gasteiger partial charge in [0.2, 0.25) is 0 Å². The third-order valence-corrected chi connectivity index (χ3v) is 3.65. The first-order valence-corrected chi connectivity index (χ1v) is 7.38. The Labute approximate surface area is 129 Å². The second-order valence-corrected chi connectivity index (χ2v) is 5.42. The van der Waals surface area contributed by atoms with Crippen LogP contribution in [0.3, 0.4) is 0 Å². The molecule has 1 unspecified atom stereocenters. The Bertz CT molecular complexity index is 603. The zero-order valence-electron chi connectivity index (χ0n) is 12.0. The summed E-state index contributed by atoms with van der Waals surface area (Å²) in [7, 11) is 0. The summed E-state index contributed by atoms with van der Waals surface area (Å²) in [6, 6.07) is 12.3. The second kappa shape index (κ2) is 7.43. The Morgan fingerprint density at radius 1 is 1.24 bits per heavy atom. The quantitative estimate of drug-likeness (QED) is 0.861. The van der Waals surface area contributed by atoms with Crippen molar-refractivity contribution in [3.63, 3.8) is 0 Å². The molecule has 2 aromatic rings. The molecule has 2 nitrogen and oxygen atoms in total. The number of rotatable bonds is 6. The number of hydrogen-bond acceptors (Lipinski definition) is 2. The van der Waals surface area contributed by atoms with Crippen LogP contribution in [0.1, 0.15) is 24.5 Å². The van der Waals surface area contributed by atoms with Crippen LogP contribution in [0.4, 0.5) is 4.39 Å². The molecule has 2 rings (SSSR count). The van der Waals surface area contributed by atoms with Crippen LogP contribution in [0.5, 0.6) is 5.75 Å². The van der Waals surface area contributed by atoms with E-state index in [1.807, 2.05) is 12.1 Å². The standard InChI is InChI=1S/C17H19ClFNO/c1-2-14(20)9-12-7-8-17(15(18)10-12)21-11-13-5-3-4-6-16(13)19/h3-8,10,14H,2,9,11,20H2,1H3. The van der Waals surface area contributed by atoms with Gasteiger partial charge in [-0.05, 0) is 36.6 Å². The van der Waals surface area contributed by atoms with E-state index >= 15 is 0 Å². The van der Waals surface area contributed by atoms with Crippen molar-refractivity contribution in [3.8, 4) is 5.75 Å². The molecule has 0 amide bonds. The first-order valence-electron chi connectivity index (χ1n) is 7.00. The molecule has 0 aliphatic heterocycles. The van der Waals surface area contributed by atoms with Crippen LogP contribution in [0.2, 0.25) is 5.02 Å². The summed E-state index contributed by atoms with van der Waals surface area (Å²) in [4.78, 5) is 0. The Hall–Kier alpha value is -1.58. The summed E-state index contributed by atoms with van der Waals surface area (Å²) < 4.78 is 19.1. The van der Waals surface area contributed by atoms with Gasteiger partial charge in [0.1, 0.15) is 18.2 Å². The van der Waals surface area contributed by atoms with E-state index in [0.29, 0.717) is 16.3 Å². The molecule has 0 radical (unpaired) electrons. The van der Waals surface area contributed by atoms with Crippen molar-refractivity contribution in [1.82, 2.24) is 0 Å². The normalized spacial score (nSPS) is 12.2. The Morgan fingerprint density at radius 3 is 2.67 bits per heavy atom. The lowest BCUT2D eigenvalue weighted by Gasteiger charge is -2.12. The first-order chi connectivity index (χ1) is 10.1. The van der Waals surface area contributed by atoms with E-state index in [0.717, 1.165) is 18.4 Å². The van der Waals surface area contributed by atoms with Gasteiger partial charge in [-0.25, -0.2) is 4.39 Å². The zero-order valence-corrected chi connectivity index (χ0v) is 12.7. The van der Waals surface area contributed by atoms with E-state index in [2.05, 4.69) is 6.92 Å². The Balaban J connectivity index is 2.03. The molecule has 0 aromatic heterocycles. The van der Waals surface area contributed by atoms with Gasteiger partial charge in [0.05, 0.1) is 5.02 Å². The van der Waals surface area contributed by atoms with Crippen LogP contribution in [0, 0.1) is 5.82 Å². The summed E-state index contributed by atoms with van der Waals surface area (Å²) >= 11 is 6.20. The number of nitrogens with two attached hydrogens (primary N) is 1. The molecule has 1 atom stereocenters. The van der Waals surface area contributed by atoms with Gasteiger partial charge < -0.3 is 10.5 Å². The summed E-state index contributed by atoms with van der Waals surface area (Å²) in [5.41, 5.74) is 7.51. The molecule has 0 spiro atoms. The molecule has 4 heteroatoms. The van der Waals surface area contributed by atoms with E-state index in [1.54, 1.807) is 24.3 Å². The summed E-state index contributed by atoms with van der Waals surface area (Å²) in [5, 5.41) is 0.521. The summed E-state index contributed by atoms with van der Waals surface area (Å²) in [6.45, 7) is 2.21. The third kappa shape index (κ3) is 4.45. The van der Waals surface area contributed by atoms with Crippen molar-refractivity contribution in [1.29, 1.82) is 0 Å². The van der Waals surface area contributed by atoms with Gasteiger partial charge in [0.25, 0.3) is 0 Å². The van der Waals surface area contributed by atoms with Crippen molar-refractivity contribution in [3.05, 3.63) is 64.4 Å². The lowest BCUT2D eigenvalue weighted by Crippen LogP contribution is -2.21. The molecular formula is C17H19ClFNO. The monoisotopic (exact) mass is 307 g/mol. The van der Waals surface area contributed by atoms with Crippen molar-refractivity contribution < 1.29 is 9.13 Å². The van der Waals surface area contributed by atoms with E-state index in [-0.39, 0.29) is 18.5 Å². The van der Waals surface area contributed by atoms with E-state index in [9.17, 15) is 4.39 Å². The van der Waals surface area contributed by atoms with Gasteiger partial charge in [0, 0.05) is 11.6 Å². The maximum atomic E-state index is 13.5. The molecule has 0 bridgehead atoms. The van der Waals surface area contributed by atoms with Crippen LogP contribution in [-0.2, 0) is 13.0 Å². The molecule has 2 N–H and O–H groups in total. The van der Waals surface area contributed by atoms with E-state index < -0.39 is 0 Å². The highest BCUT2D eigenvalue weighted by Crippen LogP contribution is 2.27. The average molecular weight is 308 g/mol. The highest BCUT2D eigenvalue weighted by atomic mass is 35.5. The minimum absolute atomic E-state index is 0.131. The van der Waals surface area contributed by atoms with Crippen molar-refractivity contribution in [2.24, 2.45) is 5.73 Å². The largest absolute Gasteiger partial charge is 0.487 e. The molecule has 2 aromatic carbocycles. The van der Waals surface area contributed by atoms with Gasteiger partial charge in [-0.3, -0.25) is 0 Å². The average Bonchev–Trinajstić information content (AvgIpc) is 2.48. The maximum Gasteiger partial charge on any atom is 0.138 e. The van der Waals surface area contributed by atoms with Crippen molar-refractivity contribution >= 4 is 11.6 Å². The fourth-order valence-corrected chi connectivity index (χ4v) is 2.26. The molecular weight excluding hydrogens is 289 g/mol. The molecule has 0 aliphatic rings. The molecule has 0 saturated carbocycles. The topological polar surface area (TPSA) is 35.2 Å². The fraction of sp³-hybridized carbons (Fsp3) is 0.294. The van der Waals surface area contributed by atoms with Gasteiger partial charge >= 0.3 is 0 Å². The first kappa shape index (κ1) is 15.8. The highest BCUT2D eigenvalue weighted by molar-refractivity contribution is 6.32. The van der Waals surface area contributed by atoms with Crippen LogP contribution in [0.15, 0.2) is 42.5 Å². The smallest absolute Gasteiger partial charge is 0.138 e. The van der Waals surface area contributed by atoms with Crippen LogP contribution >= 0.6 is 11.6 Å². The molecule has 21 heavy (non-hydrogen) atoms. The van der Waals surface area contributed by atoms with E-state index in [4.69, 9.17) is 22.1 Å². The molecule has 0 aliphatic carbocycles. The van der Waals surface area contributed by atoms with E-state index in [1.165, 1.54) is 6.07 Å². The van der Waals surface area contributed by atoms with Crippen LogP contribution in [0.25, 0.3) is 0 Å². The predicted molar refractivity (Wildman–Crippen MR) is 84.2 cm³/mol. The Kier molecular flexibility index (Phi) is 5.59. The lowest BCUT2D eigenvalue weighted by molar-refractivity contribution is 0.300. The number of ether oxygens (including phenoxy) is 1. The third-order valence-electron chi connectivity index (χ3n) is 3.36. The minimum atomic E-state index is -0.279. The minimum Gasteiger partial charge on any atom is -0.487 e. The highest BCUT2D eigenvalue weighted by Gasteiger charge is 2.08. The SMILES string of the molecule is CCC(N)Cc1ccc(OCc2ccccc2F)c(Cl)c1. The van der Waals surface area contributed by atoms with Gasteiger partial charge in [0.15, 0.2) is 0 Å². The maximum absolute atomic E-state index is 13.5. The fourth-order valence-electron chi connectivity index (χ4n) is 2.01. The molecule has 0 heterocycles. The number of hydrogen-bond donors (Lipinski definition) is 1. The lowest BCUT2D eigenvalue weighted by atomic mass is 10.0.